The molecule has 0 aromatic heterocycles. The lowest BCUT2D eigenvalue weighted by atomic mass is 9.86. The molecule has 1 fully saturated rings. The minimum absolute atomic E-state index is 0.338. The molecule has 0 spiro atoms. The van der Waals surface area contributed by atoms with Gasteiger partial charge in [-0.15, -0.1) is 0 Å². The van der Waals surface area contributed by atoms with E-state index in [-0.39, 0.29) is 0 Å². The van der Waals surface area contributed by atoms with E-state index >= 15 is 0 Å². The van der Waals surface area contributed by atoms with Gasteiger partial charge in [0.15, 0.2) is 0 Å². The van der Waals surface area contributed by atoms with Crippen LogP contribution in [-0.4, -0.2) is 41.7 Å². The van der Waals surface area contributed by atoms with Gasteiger partial charge >= 0.3 is 5.97 Å². The van der Waals surface area contributed by atoms with Crippen LogP contribution in [0.15, 0.2) is 30.3 Å². The van der Waals surface area contributed by atoms with Gasteiger partial charge in [-0.3, -0.25) is 9.69 Å². The lowest BCUT2D eigenvalue weighted by Gasteiger charge is -2.41. The summed E-state index contributed by atoms with van der Waals surface area (Å²) < 4.78 is 0. The van der Waals surface area contributed by atoms with Crippen molar-refractivity contribution >= 4 is 5.97 Å². The molecule has 0 saturated carbocycles. The van der Waals surface area contributed by atoms with Crippen molar-refractivity contribution in [2.24, 2.45) is 0 Å². The lowest BCUT2D eigenvalue weighted by molar-refractivity contribution is -0.147. The van der Waals surface area contributed by atoms with Crippen LogP contribution in [0.3, 0.4) is 0 Å². The number of hydrogen-bond donors (Lipinski definition) is 2. The zero-order valence-corrected chi connectivity index (χ0v) is 11.6. The van der Waals surface area contributed by atoms with Crippen LogP contribution in [0.4, 0.5) is 0 Å². The lowest BCUT2D eigenvalue weighted by Crippen LogP contribution is -2.57. The molecule has 2 N–H and O–H groups in total. The Morgan fingerprint density at radius 2 is 1.89 bits per heavy atom. The van der Waals surface area contributed by atoms with Crippen molar-refractivity contribution < 1.29 is 9.90 Å². The van der Waals surface area contributed by atoms with Crippen molar-refractivity contribution in [3.05, 3.63) is 35.9 Å². The third-order valence-corrected chi connectivity index (χ3v) is 4.37. The minimum atomic E-state index is -0.743. The smallest absolute Gasteiger partial charge is 0.323 e. The van der Waals surface area contributed by atoms with Gasteiger partial charge in [-0.05, 0) is 32.4 Å². The summed E-state index contributed by atoms with van der Waals surface area (Å²) in [6, 6.07) is 10.7. The number of piperidine rings is 1. The second-order valence-corrected chi connectivity index (χ2v) is 5.26. The van der Waals surface area contributed by atoms with Crippen LogP contribution in [0.1, 0.15) is 31.4 Å². The van der Waals surface area contributed by atoms with Gasteiger partial charge in [0.2, 0.25) is 0 Å². The van der Waals surface area contributed by atoms with Gasteiger partial charge in [-0.2, -0.15) is 0 Å². The number of aliphatic carboxylic acids is 1. The molecular weight excluding hydrogens is 240 g/mol. The standard InChI is InChI=1S/C15H22N2O2/c1-12(13-6-4-3-5-7-13)17-10-8-15(16-2,9-11-17)14(18)19/h3-7,12,16H,8-11H2,1-2H3,(H,18,19). The third kappa shape index (κ3) is 2.80. The Morgan fingerprint density at radius 3 is 2.37 bits per heavy atom. The van der Waals surface area contributed by atoms with E-state index in [1.807, 2.05) is 18.2 Å². The maximum Gasteiger partial charge on any atom is 0.323 e. The summed E-state index contributed by atoms with van der Waals surface area (Å²) in [5.74, 6) is -0.734. The Kier molecular flexibility index (Phi) is 4.22. The summed E-state index contributed by atoms with van der Waals surface area (Å²) in [4.78, 5) is 13.7. The van der Waals surface area contributed by atoms with Crippen LogP contribution in [0, 0.1) is 0 Å². The first kappa shape index (κ1) is 14.0. The van der Waals surface area contributed by atoms with Crippen molar-refractivity contribution in [3.8, 4) is 0 Å². The Labute approximate surface area is 114 Å². The van der Waals surface area contributed by atoms with Crippen LogP contribution in [0.25, 0.3) is 0 Å². The maximum atomic E-state index is 11.4. The fraction of sp³-hybridized carbons (Fsp3) is 0.533. The topological polar surface area (TPSA) is 52.6 Å². The van der Waals surface area contributed by atoms with Crippen molar-refractivity contribution in [2.75, 3.05) is 20.1 Å². The quantitative estimate of drug-likeness (QED) is 0.870. The van der Waals surface area contributed by atoms with E-state index in [2.05, 4.69) is 29.3 Å². The number of nitrogens with zero attached hydrogens (tertiary/aromatic N) is 1. The van der Waals surface area contributed by atoms with Crippen molar-refractivity contribution in [3.63, 3.8) is 0 Å². The molecule has 0 amide bonds. The molecule has 0 bridgehead atoms. The van der Waals surface area contributed by atoms with Crippen molar-refractivity contribution in [2.45, 2.75) is 31.3 Å². The number of carboxylic acids is 1. The second-order valence-electron chi connectivity index (χ2n) is 5.26. The number of carboxylic acid groups (broad SMARTS) is 1. The molecule has 19 heavy (non-hydrogen) atoms. The highest BCUT2D eigenvalue weighted by Crippen LogP contribution is 2.28. The molecule has 1 heterocycles. The Hall–Kier alpha value is -1.39. The summed E-state index contributed by atoms with van der Waals surface area (Å²) in [7, 11) is 1.74. The molecule has 1 aliphatic rings. The van der Waals surface area contributed by atoms with Crippen LogP contribution >= 0.6 is 0 Å². The van der Waals surface area contributed by atoms with Crippen molar-refractivity contribution in [1.82, 2.24) is 10.2 Å². The van der Waals surface area contributed by atoms with Gasteiger partial charge in [0.05, 0.1) is 0 Å². The maximum absolute atomic E-state index is 11.4. The molecule has 1 atom stereocenters. The minimum Gasteiger partial charge on any atom is -0.480 e. The Bertz CT molecular complexity index is 425. The summed E-state index contributed by atoms with van der Waals surface area (Å²) in [6.07, 6.45) is 1.30. The molecular formula is C15H22N2O2. The van der Waals surface area contributed by atoms with Gasteiger partial charge in [0, 0.05) is 19.1 Å². The molecule has 4 nitrogen and oxygen atoms in total. The van der Waals surface area contributed by atoms with Gasteiger partial charge in [-0.25, -0.2) is 0 Å². The largest absolute Gasteiger partial charge is 0.480 e. The Balaban J connectivity index is 2.02. The first-order chi connectivity index (χ1) is 9.09. The van der Waals surface area contributed by atoms with E-state index in [1.54, 1.807) is 7.05 Å². The van der Waals surface area contributed by atoms with Crippen molar-refractivity contribution in [1.29, 1.82) is 0 Å². The van der Waals surface area contributed by atoms with E-state index in [4.69, 9.17) is 0 Å². The third-order valence-electron chi connectivity index (χ3n) is 4.37. The average molecular weight is 262 g/mol. The van der Waals surface area contributed by atoms with Gasteiger partial charge in [0.1, 0.15) is 5.54 Å². The number of likely N-dealkylation sites (tertiary alicyclic amines) is 1. The fourth-order valence-corrected chi connectivity index (χ4v) is 2.81. The molecule has 2 rings (SSSR count). The molecule has 0 radical (unpaired) electrons. The van der Waals surface area contributed by atoms with E-state index < -0.39 is 11.5 Å². The average Bonchev–Trinajstić information content (AvgIpc) is 2.47. The van der Waals surface area contributed by atoms with E-state index in [0.29, 0.717) is 18.9 Å². The van der Waals surface area contributed by atoms with Gasteiger partial charge < -0.3 is 10.4 Å². The molecule has 1 aliphatic heterocycles. The fourth-order valence-electron chi connectivity index (χ4n) is 2.81. The van der Waals surface area contributed by atoms with Gasteiger partial charge in [0.25, 0.3) is 0 Å². The van der Waals surface area contributed by atoms with Crippen LogP contribution in [0.5, 0.6) is 0 Å². The Morgan fingerprint density at radius 1 is 1.32 bits per heavy atom. The zero-order valence-electron chi connectivity index (χ0n) is 11.6. The number of hydrogen-bond acceptors (Lipinski definition) is 3. The number of likely N-dealkylation sites (N-methyl/N-ethyl adjacent to an activating group) is 1. The van der Waals surface area contributed by atoms with Crippen LogP contribution in [-0.2, 0) is 4.79 Å². The number of carbonyl (C=O) groups is 1. The van der Waals surface area contributed by atoms with Gasteiger partial charge in [-0.1, -0.05) is 30.3 Å². The summed E-state index contributed by atoms with van der Waals surface area (Å²) in [5, 5.41) is 12.3. The predicted octanol–water partition coefficient (Wildman–Crippen LogP) is 1.89. The van der Waals surface area contributed by atoms with E-state index in [0.717, 1.165) is 13.1 Å². The predicted molar refractivity (Wildman–Crippen MR) is 75.1 cm³/mol. The molecule has 1 aromatic rings. The molecule has 0 aliphatic carbocycles. The molecule has 1 aromatic carbocycles. The van der Waals surface area contributed by atoms with Crippen LogP contribution in [0.2, 0.25) is 0 Å². The SMILES string of the molecule is CNC1(C(=O)O)CCN(C(C)c2ccccc2)CC1. The summed E-state index contributed by atoms with van der Waals surface area (Å²) >= 11 is 0. The molecule has 4 heteroatoms. The zero-order chi connectivity index (χ0) is 13.9. The first-order valence-electron chi connectivity index (χ1n) is 6.80. The normalized spacial score (nSPS) is 20.9. The monoisotopic (exact) mass is 262 g/mol. The second kappa shape index (κ2) is 5.72. The highest BCUT2D eigenvalue weighted by Gasteiger charge is 2.40. The molecule has 1 saturated heterocycles. The first-order valence-corrected chi connectivity index (χ1v) is 6.80. The van der Waals surface area contributed by atoms with E-state index in [1.165, 1.54) is 5.56 Å². The highest BCUT2D eigenvalue weighted by molar-refractivity contribution is 5.79. The number of benzene rings is 1. The van der Waals surface area contributed by atoms with Crippen LogP contribution < -0.4 is 5.32 Å². The summed E-state index contributed by atoms with van der Waals surface area (Å²) in [5.41, 5.74) is 0.544. The highest BCUT2D eigenvalue weighted by atomic mass is 16.4. The number of rotatable bonds is 4. The van der Waals surface area contributed by atoms with E-state index in [9.17, 15) is 9.90 Å². The molecule has 1 unspecified atom stereocenters. The summed E-state index contributed by atoms with van der Waals surface area (Å²) in [6.45, 7) is 3.80. The number of nitrogens with one attached hydrogen (secondary N) is 1. The molecule has 104 valence electrons.